The van der Waals surface area contributed by atoms with Gasteiger partial charge in [0.05, 0.1) is 23.7 Å². The molecule has 0 aliphatic heterocycles. The topological polar surface area (TPSA) is 141 Å². The van der Waals surface area contributed by atoms with E-state index in [2.05, 4.69) is 15.5 Å². The number of pyridine rings is 1. The summed E-state index contributed by atoms with van der Waals surface area (Å²) in [5.41, 5.74) is 7.28. The van der Waals surface area contributed by atoms with Crippen LogP contribution in [0, 0.1) is 0 Å². The van der Waals surface area contributed by atoms with Crippen LogP contribution in [0.25, 0.3) is 22.2 Å². The molecule has 0 fully saturated rings. The number of nitrogens with zero attached hydrogens (tertiary/aromatic N) is 2. The van der Waals surface area contributed by atoms with E-state index in [9.17, 15) is 14.4 Å². The van der Waals surface area contributed by atoms with E-state index in [1.807, 2.05) is 18.2 Å². The fraction of sp³-hybridized carbons (Fsp3) is 0.0952. The third-order valence-corrected chi connectivity index (χ3v) is 4.57. The van der Waals surface area contributed by atoms with Crippen LogP contribution in [-0.4, -0.2) is 33.8 Å². The Labute approximate surface area is 169 Å². The van der Waals surface area contributed by atoms with E-state index in [4.69, 9.17) is 14.7 Å². The van der Waals surface area contributed by atoms with Crippen LogP contribution >= 0.6 is 0 Å². The van der Waals surface area contributed by atoms with Gasteiger partial charge in [0, 0.05) is 23.6 Å². The van der Waals surface area contributed by atoms with Gasteiger partial charge in [-0.15, -0.1) is 0 Å². The largest absolute Gasteiger partial charge is 0.464 e. The average Bonchev–Trinajstić information content (AvgIpc) is 3.41. The molecule has 0 radical (unpaired) electrons. The summed E-state index contributed by atoms with van der Waals surface area (Å²) < 4.78 is 10.5. The zero-order valence-corrected chi connectivity index (χ0v) is 15.6. The van der Waals surface area contributed by atoms with Gasteiger partial charge >= 0.3 is 0 Å². The lowest BCUT2D eigenvalue weighted by atomic mass is 10.0. The van der Waals surface area contributed by atoms with Crippen molar-refractivity contribution in [2.45, 2.75) is 12.5 Å². The maximum Gasteiger partial charge on any atom is 0.291 e. The number of primary amides is 1. The normalized spacial score (nSPS) is 11.9. The standard InChI is InChI=1S/C21H16N4O5/c22-20(27)18(26)16(9-12-11-29-17-7-2-1-5-13(12)17)25-21(28)19-14(10-24-30-19)15-6-3-4-8-23-15/h1-8,10-11,16H,9H2,(H2,22,27)(H,25,28). The smallest absolute Gasteiger partial charge is 0.291 e. The maximum atomic E-state index is 12.8. The number of furan rings is 1. The van der Waals surface area contributed by atoms with Crippen LogP contribution in [0.15, 0.2) is 70.1 Å². The number of hydrogen-bond acceptors (Lipinski definition) is 7. The molecule has 9 heteroatoms. The summed E-state index contributed by atoms with van der Waals surface area (Å²) in [6, 6.07) is 11.2. The molecule has 0 aliphatic rings. The quantitative estimate of drug-likeness (QED) is 0.448. The van der Waals surface area contributed by atoms with Crippen LogP contribution in [0.5, 0.6) is 0 Å². The van der Waals surface area contributed by atoms with Gasteiger partial charge in [0.15, 0.2) is 0 Å². The second-order valence-corrected chi connectivity index (χ2v) is 6.50. The summed E-state index contributed by atoms with van der Waals surface area (Å²) in [6.07, 6.45) is 4.41. The Morgan fingerprint density at radius 1 is 1.10 bits per heavy atom. The van der Waals surface area contributed by atoms with E-state index < -0.39 is 23.6 Å². The minimum absolute atomic E-state index is 0.0115. The van der Waals surface area contributed by atoms with Gasteiger partial charge in [0.2, 0.25) is 11.5 Å². The van der Waals surface area contributed by atoms with Crippen LogP contribution in [0.2, 0.25) is 0 Å². The first-order chi connectivity index (χ1) is 14.5. The van der Waals surface area contributed by atoms with Crippen molar-refractivity contribution in [3.05, 3.63) is 72.4 Å². The SMILES string of the molecule is NC(=O)C(=O)C(Cc1coc2ccccc12)NC(=O)c1oncc1-c1ccccn1. The van der Waals surface area contributed by atoms with Gasteiger partial charge in [-0.2, -0.15) is 0 Å². The molecule has 4 aromatic rings. The Kier molecular flexibility index (Phi) is 5.08. The molecule has 0 bridgehead atoms. The number of nitrogens with one attached hydrogen (secondary N) is 1. The molecule has 3 aromatic heterocycles. The highest BCUT2D eigenvalue weighted by atomic mass is 16.5. The van der Waals surface area contributed by atoms with Gasteiger partial charge in [-0.3, -0.25) is 19.4 Å². The lowest BCUT2D eigenvalue weighted by molar-refractivity contribution is -0.137. The third kappa shape index (κ3) is 3.68. The summed E-state index contributed by atoms with van der Waals surface area (Å²) in [5, 5.41) is 6.94. The monoisotopic (exact) mass is 404 g/mol. The molecular weight excluding hydrogens is 388 g/mol. The highest BCUT2D eigenvalue weighted by Gasteiger charge is 2.29. The minimum Gasteiger partial charge on any atom is -0.464 e. The number of carbonyl (C=O) groups is 3. The van der Waals surface area contributed by atoms with Gasteiger partial charge in [-0.1, -0.05) is 29.4 Å². The highest BCUT2D eigenvalue weighted by molar-refractivity contribution is 6.38. The van der Waals surface area contributed by atoms with Gasteiger partial charge in [-0.25, -0.2) is 0 Å². The van der Waals surface area contributed by atoms with Crippen molar-refractivity contribution in [3.8, 4) is 11.3 Å². The molecule has 0 saturated heterocycles. The number of Topliss-reactive ketones (excluding diaryl/α,β-unsaturated/α-hetero) is 1. The lowest BCUT2D eigenvalue weighted by Crippen LogP contribution is -2.47. The summed E-state index contributed by atoms with van der Waals surface area (Å²) in [6.45, 7) is 0. The van der Waals surface area contributed by atoms with Crippen molar-refractivity contribution in [3.63, 3.8) is 0 Å². The Balaban J connectivity index is 1.62. The first-order valence-corrected chi connectivity index (χ1v) is 9.00. The summed E-state index contributed by atoms with van der Waals surface area (Å²) in [7, 11) is 0. The number of fused-ring (bicyclic) bond motifs is 1. The summed E-state index contributed by atoms with van der Waals surface area (Å²) in [5.74, 6) is -2.95. The van der Waals surface area contributed by atoms with Crippen molar-refractivity contribution < 1.29 is 23.3 Å². The van der Waals surface area contributed by atoms with E-state index in [1.165, 1.54) is 12.5 Å². The molecule has 0 saturated carbocycles. The fourth-order valence-corrected chi connectivity index (χ4v) is 3.12. The zero-order chi connectivity index (χ0) is 21.1. The number of aromatic nitrogens is 2. The zero-order valence-electron chi connectivity index (χ0n) is 15.6. The molecule has 1 aromatic carbocycles. The molecule has 2 amide bonds. The Morgan fingerprint density at radius 3 is 2.67 bits per heavy atom. The van der Waals surface area contributed by atoms with E-state index in [0.29, 0.717) is 22.4 Å². The molecule has 150 valence electrons. The van der Waals surface area contributed by atoms with Gasteiger partial charge in [-0.05, 0) is 18.2 Å². The molecule has 1 atom stereocenters. The van der Waals surface area contributed by atoms with Crippen molar-refractivity contribution in [2.75, 3.05) is 0 Å². The van der Waals surface area contributed by atoms with Crippen molar-refractivity contribution >= 4 is 28.6 Å². The first kappa shape index (κ1) is 19.1. The fourth-order valence-electron chi connectivity index (χ4n) is 3.12. The predicted octanol–water partition coefficient (Wildman–Crippen LogP) is 1.88. The maximum absolute atomic E-state index is 12.8. The molecule has 3 heterocycles. The van der Waals surface area contributed by atoms with Crippen molar-refractivity contribution in [1.82, 2.24) is 15.5 Å². The number of para-hydroxylation sites is 1. The second-order valence-electron chi connectivity index (χ2n) is 6.50. The summed E-state index contributed by atoms with van der Waals surface area (Å²) in [4.78, 5) is 40.9. The Bertz CT molecular complexity index is 1230. The van der Waals surface area contributed by atoms with Crippen LogP contribution in [-0.2, 0) is 16.0 Å². The molecule has 3 N–H and O–H groups in total. The van der Waals surface area contributed by atoms with Crippen molar-refractivity contribution in [2.24, 2.45) is 5.73 Å². The van der Waals surface area contributed by atoms with E-state index in [-0.39, 0.29) is 12.2 Å². The number of carbonyl (C=O) groups excluding carboxylic acids is 3. The van der Waals surface area contributed by atoms with Crippen LogP contribution < -0.4 is 11.1 Å². The number of nitrogens with two attached hydrogens (primary N) is 1. The number of benzene rings is 1. The molecule has 1 unspecified atom stereocenters. The molecule has 0 aliphatic carbocycles. The average molecular weight is 404 g/mol. The highest BCUT2D eigenvalue weighted by Crippen LogP contribution is 2.23. The number of rotatable bonds is 7. The number of ketones is 1. The third-order valence-electron chi connectivity index (χ3n) is 4.57. The van der Waals surface area contributed by atoms with E-state index in [0.717, 1.165) is 5.39 Å². The predicted molar refractivity (Wildman–Crippen MR) is 105 cm³/mol. The van der Waals surface area contributed by atoms with Gasteiger partial charge < -0.3 is 20.0 Å². The molecule has 30 heavy (non-hydrogen) atoms. The Morgan fingerprint density at radius 2 is 1.90 bits per heavy atom. The van der Waals surface area contributed by atoms with Crippen LogP contribution in [0.4, 0.5) is 0 Å². The molecular formula is C21H16N4O5. The van der Waals surface area contributed by atoms with E-state index in [1.54, 1.807) is 30.5 Å². The van der Waals surface area contributed by atoms with Crippen LogP contribution in [0.3, 0.4) is 0 Å². The number of hydrogen-bond donors (Lipinski definition) is 2. The minimum atomic E-state index is -1.21. The summed E-state index contributed by atoms with van der Waals surface area (Å²) >= 11 is 0. The van der Waals surface area contributed by atoms with Crippen LogP contribution in [0.1, 0.15) is 16.1 Å². The van der Waals surface area contributed by atoms with E-state index >= 15 is 0 Å². The first-order valence-electron chi connectivity index (χ1n) is 9.00. The van der Waals surface area contributed by atoms with Crippen molar-refractivity contribution in [1.29, 1.82) is 0 Å². The number of amides is 2. The molecule has 4 rings (SSSR count). The molecule has 0 spiro atoms. The second kappa shape index (κ2) is 8.00. The lowest BCUT2D eigenvalue weighted by Gasteiger charge is -2.15. The van der Waals surface area contributed by atoms with Gasteiger partial charge in [0.1, 0.15) is 11.6 Å². The van der Waals surface area contributed by atoms with Gasteiger partial charge in [0.25, 0.3) is 11.8 Å². The molecule has 9 nitrogen and oxygen atoms in total. The Hall–Kier alpha value is -4.27.